The van der Waals surface area contributed by atoms with E-state index in [0.717, 1.165) is 25.7 Å². The van der Waals surface area contributed by atoms with Gasteiger partial charge in [0.05, 0.1) is 6.61 Å². The Kier molecular flexibility index (Phi) is 41.2. The molecule has 0 fully saturated rings. The number of aliphatic carboxylic acids is 1. The first-order chi connectivity index (χ1) is 23.7. The maximum absolute atomic E-state index is 12.0. The molecule has 48 heavy (non-hydrogen) atoms. The number of unbranched alkanes of at least 4 members (excludes halogenated alkanes) is 36. The summed E-state index contributed by atoms with van der Waals surface area (Å²) in [6.07, 6.45) is 51.5. The second-order valence-corrected chi connectivity index (χ2v) is 15.2. The van der Waals surface area contributed by atoms with Crippen molar-refractivity contribution in [1.82, 2.24) is 0 Å². The summed E-state index contributed by atoms with van der Waals surface area (Å²) >= 11 is 0. The van der Waals surface area contributed by atoms with Gasteiger partial charge in [0, 0.05) is 12.8 Å². The largest absolute Gasteiger partial charge is 0.481 e. The van der Waals surface area contributed by atoms with Gasteiger partial charge in [0.2, 0.25) is 0 Å². The molecule has 1 N–H and O–H groups in total. The van der Waals surface area contributed by atoms with Crippen molar-refractivity contribution in [2.45, 2.75) is 264 Å². The van der Waals surface area contributed by atoms with E-state index in [2.05, 4.69) is 6.92 Å². The first-order valence-electron chi connectivity index (χ1n) is 22.0. The van der Waals surface area contributed by atoms with Crippen molar-refractivity contribution in [3.8, 4) is 0 Å². The summed E-state index contributed by atoms with van der Waals surface area (Å²) in [5, 5.41) is 8.65. The van der Waals surface area contributed by atoms with Gasteiger partial charge in [-0.25, -0.2) is 0 Å². The molecule has 0 aromatic rings. The van der Waals surface area contributed by atoms with Crippen LogP contribution in [0.2, 0.25) is 0 Å². The van der Waals surface area contributed by atoms with Gasteiger partial charge < -0.3 is 9.84 Å². The third-order valence-corrected chi connectivity index (χ3v) is 10.3. The minimum atomic E-state index is -0.655. The predicted molar refractivity (Wildman–Crippen MR) is 209 cm³/mol. The zero-order chi connectivity index (χ0) is 34.9. The molecule has 0 aromatic carbocycles. The molecule has 0 aromatic heterocycles. The third kappa shape index (κ3) is 43.0. The Balaban J connectivity index is 3.14. The van der Waals surface area contributed by atoms with Crippen molar-refractivity contribution in [3.63, 3.8) is 0 Å². The summed E-state index contributed by atoms with van der Waals surface area (Å²) < 4.78 is 5.46. The fourth-order valence-corrected chi connectivity index (χ4v) is 6.99. The molecule has 0 rings (SSSR count). The lowest BCUT2D eigenvalue weighted by atomic mass is 10.0. The standard InChI is InChI=1S/C44H86O4/c1-2-3-4-5-6-7-8-9-24-27-30-33-36-39-42-48-44(47)41-38-35-32-29-26-23-21-19-17-15-13-11-10-12-14-16-18-20-22-25-28-31-34-37-40-43(45)46/h2-42H2,1H3,(H,45,46). The quantitative estimate of drug-likeness (QED) is 0.0515. The summed E-state index contributed by atoms with van der Waals surface area (Å²) in [6.45, 7) is 2.91. The number of carbonyl (C=O) groups excluding carboxylic acids is 1. The van der Waals surface area contributed by atoms with Crippen molar-refractivity contribution in [1.29, 1.82) is 0 Å². The molecule has 0 atom stereocenters. The van der Waals surface area contributed by atoms with Crippen molar-refractivity contribution in [3.05, 3.63) is 0 Å². The van der Waals surface area contributed by atoms with Crippen LogP contribution in [0.25, 0.3) is 0 Å². The molecular formula is C44H86O4. The van der Waals surface area contributed by atoms with Gasteiger partial charge in [-0.3, -0.25) is 9.59 Å². The van der Waals surface area contributed by atoms with E-state index in [4.69, 9.17) is 9.84 Å². The Hall–Kier alpha value is -1.06. The molecule has 0 unspecified atom stereocenters. The van der Waals surface area contributed by atoms with Crippen molar-refractivity contribution in [2.24, 2.45) is 0 Å². The van der Waals surface area contributed by atoms with Gasteiger partial charge in [0.15, 0.2) is 0 Å². The van der Waals surface area contributed by atoms with Crippen LogP contribution in [0.4, 0.5) is 0 Å². The van der Waals surface area contributed by atoms with E-state index >= 15 is 0 Å². The number of hydrogen-bond acceptors (Lipinski definition) is 3. The van der Waals surface area contributed by atoms with Crippen LogP contribution in [0.3, 0.4) is 0 Å². The predicted octanol–water partition coefficient (Wildman–Crippen LogP) is 15.2. The van der Waals surface area contributed by atoms with E-state index in [1.165, 1.54) is 218 Å². The molecule has 286 valence electrons. The molecule has 0 amide bonds. The Labute approximate surface area is 301 Å². The molecule has 0 saturated heterocycles. The molecule has 0 aliphatic rings. The SMILES string of the molecule is CCCCCCCCCCCCCCCCOC(=O)CCCCCCCCCCCCCCCCCCCCCCCCCCC(=O)O. The highest BCUT2D eigenvalue weighted by molar-refractivity contribution is 5.69. The first-order valence-corrected chi connectivity index (χ1v) is 22.0. The summed E-state index contributed by atoms with van der Waals surface area (Å²) in [4.78, 5) is 22.5. The van der Waals surface area contributed by atoms with Gasteiger partial charge in [0.1, 0.15) is 0 Å². The fraction of sp³-hybridized carbons (Fsp3) is 0.955. The lowest BCUT2D eigenvalue weighted by Crippen LogP contribution is -2.05. The molecule has 4 heteroatoms. The van der Waals surface area contributed by atoms with Crippen LogP contribution in [-0.4, -0.2) is 23.7 Å². The topological polar surface area (TPSA) is 63.6 Å². The molecule has 0 saturated carbocycles. The zero-order valence-electron chi connectivity index (χ0n) is 32.7. The van der Waals surface area contributed by atoms with Crippen LogP contribution in [-0.2, 0) is 14.3 Å². The molecule has 0 radical (unpaired) electrons. The maximum atomic E-state index is 12.0. The van der Waals surface area contributed by atoms with Gasteiger partial charge in [-0.15, -0.1) is 0 Å². The Morgan fingerprint density at radius 3 is 0.833 bits per heavy atom. The number of esters is 1. The molecule has 0 aliphatic heterocycles. The van der Waals surface area contributed by atoms with Gasteiger partial charge in [-0.05, 0) is 19.3 Å². The smallest absolute Gasteiger partial charge is 0.305 e. The van der Waals surface area contributed by atoms with Crippen molar-refractivity contribution in [2.75, 3.05) is 6.61 Å². The summed E-state index contributed by atoms with van der Waals surface area (Å²) in [5.74, 6) is -0.635. The van der Waals surface area contributed by atoms with E-state index in [0.29, 0.717) is 19.4 Å². The van der Waals surface area contributed by atoms with E-state index in [1.807, 2.05) is 0 Å². The monoisotopic (exact) mass is 679 g/mol. The Morgan fingerprint density at radius 2 is 0.562 bits per heavy atom. The van der Waals surface area contributed by atoms with Crippen LogP contribution in [0.15, 0.2) is 0 Å². The minimum Gasteiger partial charge on any atom is -0.481 e. The lowest BCUT2D eigenvalue weighted by Gasteiger charge is -2.06. The molecule has 4 nitrogen and oxygen atoms in total. The van der Waals surface area contributed by atoms with Crippen LogP contribution < -0.4 is 0 Å². The van der Waals surface area contributed by atoms with Crippen molar-refractivity contribution >= 4 is 11.9 Å². The molecule has 0 heterocycles. The fourth-order valence-electron chi connectivity index (χ4n) is 6.99. The summed E-state index contributed by atoms with van der Waals surface area (Å²) in [7, 11) is 0. The number of carboxylic acid groups (broad SMARTS) is 1. The van der Waals surface area contributed by atoms with Crippen LogP contribution >= 0.6 is 0 Å². The van der Waals surface area contributed by atoms with Gasteiger partial charge in [0.25, 0.3) is 0 Å². The second-order valence-electron chi connectivity index (χ2n) is 15.2. The highest BCUT2D eigenvalue weighted by Crippen LogP contribution is 2.17. The molecular weight excluding hydrogens is 592 g/mol. The van der Waals surface area contributed by atoms with Crippen molar-refractivity contribution < 1.29 is 19.4 Å². The summed E-state index contributed by atoms with van der Waals surface area (Å²) in [6, 6.07) is 0. The van der Waals surface area contributed by atoms with Crippen LogP contribution in [0.5, 0.6) is 0 Å². The van der Waals surface area contributed by atoms with Gasteiger partial charge in [-0.1, -0.05) is 232 Å². The minimum absolute atomic E-state index is 0.0202. The van der Waals surface area contributed by atoms with Gasteiger partial charge in [-0.2, -0.15) is 0 Å². The Bertz CT molecular complexity index is 633. The third-order valence-electron chi connectivity index (χ3n) is 10.3. The van der Waals surface area contributed by atoms with E-state index < -0.39 is 5.97 Å². The molecule has 0 aliphatic carbocycles. The lowest BCUT2D eigenvalue weighted by molar-refractivity contribution is -0.144. The van der Waals surface area contributed by atoms with E-state index in [9.17, 15) is 9.59 Å². The average Bonchev–Trinajstić information content (AvgIpc) is 3.08. The number of hydrogen-bond donors (Lipinski definition) is 1. The number of carbonyl (C=O) groups is 2. The maximum Gasteiger partial charge on any atom is 0.305 e. The average molecular weight is 679 g/mol. The van der Waals surface area contributed by atoms with Crippen LogP contribution in [0.1, 0.15) is 264 Å². The number of carboxylic acids is 1. The van der Waals surface area contributed by atoms with Gasteiger partial charge >= 0.3 is 11.9 Å². The van der Waals surface area contributed by atoms with E-state index in [-0.39, 0.29) is 5.97 Å². The molecule has 0 bridgehead atoms. The van der Waals surface area contributed by atoms with Crippen LogP contribution in [0, 0.1) is 0 Å². The first kappa shape index (κ1) is 46.9. The number of ether oxygens (including phenoxy) is 1. The Morgan fingerprint density at radius 1 is 0.333 bits per heavy atom. The normalized spacial score (nSPS) is 11.4. The van der Waals surface area contributed by atoms with E-state index in [1.54, 1.807) is 0 Å². The molecule has 0 spiro atoms. The highest BCUT2D eigenvalue weighted by Gasteiger charge is 2.03. The highest BCUT2D eigenvalue weighted by atomic mass is 16.5. The number of rotatable bonds is 42. The second kappa shape index (κ2) is 42.1. The summed E-state index contributed by atoms with van der Waals surface area (Å²) in [5.41, 5.74) is 0. The zero-order valence-corrected chi connectivity index (χ0v) is 32.7.